The summed E-state index contributed by atoms with van der Waals surface area (Å²) >= 11 is 0. The molecule has 0 saturated carbocycles. The van der Waals surface area contributed by atoms with Crippen LogP contribution in [0, 0.1) is 10.1 Å². The van der Waals surface area contributed by atoms with Crippen LogP contribution in [0.25, 0.3) is 0 Å². The number of benzene rings is 1. The van der Waals surface area contributed by atoms with E-state index in [0.717, 1.165) is 12.8 Å². The maximum atomic E-state index is 11.3. The van der Waals surface area contributed by atoms with E-state index in [4.69, 9.17) is 11.5 Å². The predicted molar refractivity (Wildman–Crippen MR) is 75.6 cm³/mol. The summed E-state index contributed by atoms with van der Waals surface area (Å²) in [6.45, 7) is 2.60. The zero-order chi connectivity index (χ0) is 14.9. The van der Waals surface area contributed by atoms with Gasteiger partial charge in [0, 0.05) is 30.3 Å². The number of nitro groups is 1. The molecular formula is C13H18N4O3. The molecule has 1 heterocycles. The molecule has 0 aliphatic carbocycles. The van der Waals surface area contributed by atoms with Gasteiger partial charge in [-0.1, -0.05) is 0 Å². The molecule has 0 aromatic heterocycles. The predicted octanol–water partition coefficient (Wildman–Crippen LogP) is 1.01. The van der Waals surface area contributed by atoms with Gasteiger partial charge in [-0.2, -0.15) is 0 Å². The number of piperidine rings is 1. The molecule has 1 aliphatic heterocycles. The Morgan fingerprint density at radius 3 is 2.75 bits per heavy atom. The van der Waals surface area contributed by atoms with Crippen LogP contribution < -0.4 is 16.4 Å². The van der Waals surface area contributed by atoms with Gasteiger partial charge in [-0.25, -0.2) is 0 Å². The quantitative estimate of drug-likeness (QED) is 0.632. The molecule has 20 heavy (non-hydrogen) atoms. The summed E-state index contributed by atoms with van der Waals surface area (Å²) in [7, 11) is 0. The van der Waals surface area contributed by atoms with Gasteiger partial charge in [-0.3, -0.25) is 14.9 Å². The number of nitro benzene ring substituents is 1. The van der Waals surface area contributed by atoms with Crippen molar-refractivity contribution in [2.45, 2.75) is 31.8 Å². The van der Waals surface area contributed by atoms with E-state index in [2.05, 4.69) is 0 Å². The minimum atomic E-state index is -0.595. The maximum absolute atomic E-state index is 11.3. The highest BCUT2D eigenvalue weighted by Crippen LogP contribution is 2.33. The fourth-order valence-corrected chi connectivity index (χ4v) is 2.63. The minimum Gasteiger partial charge on any atom is -0.366 e. The van der Waals surface area contributed by atoms with Crippen LogP contribution in [0.2, 0.25) is 0 Å². The Balaban J connectivity index is 2.44. The Labute approximate surface area is 116 Å². The van der Waals surface area contributed by atoms with E-state index in [9.17, 15) is 14.9 Å². The second-order valence-electron chi connectivity index (χ2n) is 5.15. The topological polar surface area (TPSA) is 115 Å². The molecule has 2 atom stereocenters. The zero-order valence-electron chi connectivity index (χ0n) is 11.3. The van der Waals surface area contributed by atoms with Crippen molar-refractivity contribution in [1.82, 2.24) is 0 Å². The molecule has 1 saturated heterocycles. The minimum absolute atomic E-state index is 0.0164. The van der Waals surface area contributed by atoms with Gasteiger partial charge in [0.25, 0.3) is 5.69 Å². The van der Waals surface area contributed by atoms with Gasteiger partial charge < -0.3 is 16.4 Å². The lowest BCUT2D eigenvalue weighted by atomic mass is 9.97. The third-order valence-electron chi connectivity index (χ3n) is 3.68. The molecule has 0 radical (unpaired) electrons. The first-order valence-corrected chi connectivity index (χ1v) is 6.50. The van der Waals surface area contributed by atoms with E-state index in [1.54, 1.807) is 0 Å². The van der Waals surface area contributed by atoms with Crippen LogP contribution in [0.1, 0.15) is 30.1 Å². The third-order valence-corrected chi connectivity index (χ3v) is 3.68. The smallest absolute Gasteiger partial charge is 0.292 e. The van der Waals surface area contributed by atoms with E-state index in [1.165, 1.54) is 18.2 Å². The SMILES string of the molecule is CC1CC(N)CCN1c1cc(C(N)=O)ccc1[N+](=O)[O-]. The number of hydrogen-bond acceptors (Lipinski definition) is 5. The Hall–Kier alpha value is -2.15. The van der Waals surface area contributed by atoms with Crippen LogP contribution in [0.5, 0.6) is 0 Å². The van der Waals surface area contributed by atoms with Crippen molar-refractivity contribution in [3.63, 3.8) is 0 Å². The molecule has 0 spiro atoms. The van der Waals surface area contributed by atoms with Gasteiger partial charge >= 0.3 is 0 Å². The monoisotopic (exact) mass is 278 g/mol. The highest BCUT2D eigenvalue weighted by Gasteiger charge is 2.28. The summed E-state index contributed by atoms with van der Waals surface area (Å²) in [5.74, 6) is -0.595. The van der Waals surface area contributed by atoms with Gasteiger partial charge in [0.1, 0.15) is 5.69 Å². The van der Waals surface area contributed by atoms with Crippen molar-refractivity contribution < 1.29 is 9.72 Å². The van der Waals surface area contributed by atoms with E-state index in [0.29, 0.717) is 12.2 Å². The van der Waals surface area contributed by atoms with Gasteiger partial charge in [-0.15, -0.1) is 0 Å². The largest absolute Gasteiger partial charge is 0.366 e. The molecule has 1 aromatic rings. The Morgan fingerprint density at radius 1 is 1.50 bits per heavy atom. The van der Waals surface area contributed by atoms with Crippen molar-refractivity contribution in [2.75, 3.05) is 11.4 Å². The summed E-state index contributed by atoms with van der Waals surface area (Å²) in [4.78, 5) is 23.9. The number of rotatable bonds is 3. The first-order chi connectivity index (χ1) is 9.40. The Morgan fingerprint density at radius 2 is 2.20 bits per heavy atom. The molecule has 2 rings (SSSR count). The standard InChI is InChI=1S/C13H18N4O3/c1-8-6-10(14)4-5-16(8)12-7-9(13(15)18)2-3-11(12)17(19)20/h2-3,7-8,10H,4-6,14H2,1H3,(H2,15,18). The molecule has 1 fully saturated rings. The van der Waals surface area contributed by atoms with Crippen LogP contribution in [0.3, 0.4) is 0 Å². The molecule has 1 amide bonds. The Bertz CT molecular complexity index is 546. The molecule has 4 N–H and O–H groups in total. The summed E-state index contributed by atoms with van der Waals surface area (Å²) < 4.78 is 0. The van der Waals surface area contributed by atoms with E-state index in [-0.39, 0.29) is 23.3 Å². The Kier molecular flexibility index (Phi) is 3.89. The number of nitrogens with zero attached hydrogens (tertiary/aromatic N) is 2. The molecule has 0 bridgehead atoms. The molecule has 1 aliphatic rings. The highest BCUT2D eigenvalue weighted by molar-refractivity contribution is 5.94. The molecule has 1 aromatic carbocycles. The number of amides is 1. The lowest BCUT2D eigenvalue weighted by molar-refractivity contribution is -0.384. The van der Waals surface area contributed by atoms with Gasteiger partial charge in [0.15, 0.2) is 0 Å². The van der Waals surface area contributed by atoms with Crippen LogP contribution >= 0.6 is 0 Å². The van der Waals surface area contributed by atoms with Crippen molar-refractivity contribution >= 4 is 17.3 Å². The van der Waals surface area contributed by atoms with Crippen molar-refractivity contribution in [2.24, 2.45) is 11.5 Å². The van der Waals surface area contributed by atoms with Crippen LogP contribution in [0.4, 0.5) is 11.4 Å². The van der Waals surface area contributed by atoms with Gasteiger partial charge in [-0.05, 0) is 31.9 Å². The number of carbonyl (C=O) groups is 1. The maximum Gasteiger partial charge on any atom is 0.292 e. The molecule has 7 heteroatoms. The molecule has 2 unspecified atom stereocenters. The van der Waals surface area contributed by atoms with E-state index < -0.39 is 10.8 Å². The normalized spacial score (nSPS) is 22.6. The summed E-state index contributed by atoms with van der Waals surface area (Å²) in [6, 6.07) is 4.40. The lowest BCUT2D eigenvalue weighted by Crippen LogP contribution is -2.45. The van der Waals surface area contributed by atoms with E-state index in [1.807, 2.05) is 11.8 Å². The van der Waals surface area contributed by atoms with Crippen LogP contribution in [0.15, 0.2) is 18.2 Å². The average Bonchev–Trinajstić information content (AvgIpc) is 2.37. The van der Waals surface area contributed by atoms with Gasteiger partial charge in [0.2, 0.25) is 5.91 Å². The van der Waals surface area contributed by atoms with E-state index >= 15 is 0 Å². The third kappa shape index (κ3) is 2.72. The first-order valence-electron chi connectivity index (χ1n) is 6.50. The summed E-state index contributed by atoms with van der Waals surface area (Å²) in [6.07, 6.45) is 1.53. The van der Waals surface area contributed by atoms with Crippen LogP contribution in [-0.4, -0.2) is 29.5 Å². The lowest BCUT2D eigenvalue weighted by Gasteiger charge is -2.37. The summed E-state index contributed by atoms with van der Waals surface area (Å²) in [5.41, 5.74) is 11.8. The fourth-order valence-electron chi connectivity index (χ4n) is 2.63. The van der Waals surface area contributed by atoms with Crippen molar-refractivity contribution in [3.8, 4) is 0 Å². The summed E-state index contributed by atoms with van der Waals surface area (Å²) in [5, 5.41) is 11.2. The molecule has 7 nitrogen and oxygen atoms in total. The van der Waals surface area contributed by atoms with Crippen molar-refractivity contribution in [3.05, 3.63) is 33.9 Å². The number of hydrogen-bond donors (Lipinski definition) is 2. The second-order valence-corrected chi connectivity index (χ2v) is 5.15. The number of nitrogens with two attached hydrogens (primary N) is 2. The van der Waals surface area contributed by atoms with Crippen molar-refractivity contribution in [1.29, 1.82) is 0 Å². The zero-order valence-corrected chi connectivity index (χ0v) is 11.3. The number of anilines is 1. The molecular weight excluding hydrogens is 260 g/mol. The first kappa shape index (κ1) is 14.3. The number of primary amides is 1. The fraction of sp³-hybridized carbons (Fsp3) is 0.462. The average molecular weight is 278 g/mol. The van der Waals surface area contributed by atoms with Gasteiger partial charge in [0.05, 0.1) is 4.92 Å². The molecule has 108 valence electrons. The van der Waals surface area contributed by atoms with Crippen LogP contribution in [-0.2, 0) is 0 Å². The second kappa shape index (κ2) is 5.46. The number of carbonyl (C=O) groups excluding carboxylic acids is 1. The highest BCUT2D eigenvalue weighted by atomic mass is 16.6.